The van der Waals surface area contributed by atoms with E-state index in [1.165, 1.54) is 4.88 Å². The summed E-state index contributed by atoms with van der Waals surface area (Å²) in [5, 5.41) is 6.94. The van der Waals surface area contributed by atoms with E-state index in [9.17, 15) is 4.79 Å². The largest absolute Gasteiger partial charge is 0.312 e. The highest BCUT2D eigenvalue weighted by Gasteiger charge is 2.17. The molecule has 3 nitrogen and oxygen atoms in total. The maximum Gasteiger partial charge on any atom is 0.257 e. The van der Waals surface area contributed by atoms with Gasteiger partial charge in [0.25, 0.3) is 5.91 Å². The van der Waals surface area contributed by atoms with Gasteiger partial charge in [-0.2, -0.15) is 0 Å². The summed E-state index contributed by atoms with van der Waals surface area (Å²) in [5.41, 5.74) is 2.88. The Hall–Kier alpha value is -1.20. The lowest BCUT2D eigenvalue weighted by molar-refractivity contribution is 0.102. The summed E-state index contributed by atoms with van der Waals surface area (Å²) in [7, 11) is 0. The zero-order valence-corrected chi connectivity index (χ0v) is 14.0. The van der Waals surface area contributed by atoms with Crippen LogP contribution in [0.2, 0.25) is 0 Å². The smallest absolute Gasteiger partial charge is 0.257 e. The molecule has 2 aromatic heterocycles. The summed E-state index contributed by atoms with van der Waals surface area (Å²) in [5.74, 6) is -0.0130. The van der Waals surface area contributed by atoms with Crippen LogP contribution in [-0.2, 0) is 12.8 Å². The Kier molecular flexibility index (Phi) is 4.94. The predicted octanol–water partition coefficient (Wildman–Crippen LogP) is 4.59. The summed E-state index contributed by atoms with van der Waals surface area (Å²) in [4.78, 5) is 18.1. The molecule has 0 aromatic carbocycles. The molecule has 0 aliphatic carbocycles. The number of hydrogen-bond donors (Lipinski definition) is 1. The topological polar surface area (TPSA) is 42.0 Å². The number of amides is 1. The number of aryl methyl sites for hydroxylation is 3. The average molecular weight is 308 g/mol. The molecule has 5 heteroatoms. The van der Waals surface area contributed by atoms with Crippen molar-refractivity contribution in [3.8, 4) is 0 Å². The van der Waals surface area contributed by atoms with E-state index >= 15 is 0 Å². The molecule has 2 aromatic rings. The van der Waals surface area contributed by atoms with Gasteiger partial charge in [0.05, 0.1) is 16.3 Å². The Morgan fingerprint density at radius 3 is 2.75 bits per heavy atom. The Bertz CT molecular complexity index is 613. The van der Waals surface area contributed by atoms with Crippen molar-refractivity contribution in [1.82, 2.24) is 4.98 Å². The number of carbonyl (C=O) groups is 1. The first-order valence-electron chi connectivity index (χ1n) is 6.91. The molecule has 1 N–H and O–H groups in total. The van der Waals surface area contributed by atoms with Crippen molar-refractivity contribution in [2.75, 3.05) is 5.32 Å². The number of anilines is 1. The second kappa shape index (κ2) is 6.50. The highest BCUT2D eigenvalue weighted by Crippen LogP contribution is 2.27. The first-order valence-corrected chi connectivity index (χ1v) is 8.61. The number of nitrogens with zero attached hydrogens (tertiary/aromatic N) is 1. The summed E-state index contributed by atoms with van der Waals surface area (Å²) >= 11 is 3.23. The molecule has 1 amide bonds. The Morgan fingerprint density at radius 2 is 2.10 bits per heavy atom. The Labute approximate surface area is 128 Å². The lowest BCUT2D eigenvalue weighted by Gasteiger charge is -2.04. The molecule has 20 heavy (non-hydrogen) atoms. The van der Waals surface area contributed by atoms with Gasteiger partial charge in [0.15, 0.2) is 0 Å². The number of thiazole rings is 1. The van der Waals surface area contributed by atoms with E-state index in [4.69, 9.17) is 0 Å². The fourth-order valence-corrected chi connectivity index (χ4v) is 4.17. The normalized spacial score (nSPS) is 10.8. The minimum atomic E-state index is -0.0130. The fraction of sp³-hybridized carbons (Fsp3) is 0.467. The van der Waals surface area contributed by atoms with E-state index in [1.54, 1.807) is 22.7 Å². The predicted molar refractivity (Wildman–Crippen MR) is 87.2 cm³/mol. The van der Waals surface area contributed by atoms with Crippen LogP contribution in [0.1, 0.15) is 51.8 Å². The van der Waals surface area contributed by atoms with Crippen molar-refractivity contribution in [3.63, 3.8) is 0 Å². The fourth-order valence-electron chi connectivity index (χ4n) is 2.17. The van der Waals surface area contributed by atoms with E-state index in [-0.39, 0.29) is 5.91 Å². The maximum absolute atomic E-state index is 12.4. The first kappa shape index (κ1) is 15.2. The summed E-state index contributed by atoms with van der Waals surface area (Å²) in [6.07, 6.45) is 2.93. The van der Waals surface area contributed by atoms with E-state index in [0.29, 0.717) is 0 Å². The monoisotopic (exact) mass is 308 g/mol. The van der Waals surface area contributed by atoms with E-state index in [2.05, 4.69) is 31.1 Å². The van der Waals surface area contributed by atoms with Crippen molar-refractivity contribution in [1.29, 1.82) is 0 Å². The van der Waals surface area contributed by atoms with Gasteiger partial charge in [0.2, 0.25) is 0 Å². The van der Waals surface area contributed by atoms with Crippen molar-refractivity contribution in [2.24, 2.45) is 0 Å². The Balaban J connectivity index is 2.19. The van der Waals surface area contributed by atoms with E-state index < -0.39 is 0 Å². The molecule has 0 fully saturated rings. The molecule has 0 spiro atoms. The van der Waals surface area contributed by atoms with Gasteiger partial charge in [0.1, 0.15) is 5.00 Å². The van der Waals surface area contributed by atoms with Gasteiger partial charge in [0, 0.05) is 10.3 Å². The molecule has 0 radical (unpaired) electrons. The third-order valence-electron chi connectivity index (χ3n) is 3.23. The third-order valence-corrected chi connectivity index (χ3v) is 5.32. The number of thiophene rings is 1. The van der Waals surface area contributed by atoms with Gasteiger partial charge in [-0.05, 0) is 38.7 Å². The summed E-state index contributed by atoms with van der Waals surface area (Å²) < 4.78 is 0. The first-order chi connectivity index (χ1) is 9.56. The number of hydrogen-bond acceptors (Lipinski definition) is 4. The van der Waals surface area contributed by atoms with Crippen LogP contribution in [0.5, 0.6) is 0 Å². The zero-order chi connectivity index (χ0) is 14.7. The molecule has 108 valence electrons. The molecule has 0 saturated heterocycles. The van der Waals surface area contributed by atoms with Gasteiger partial charge >= 0.3 is 0 Å². The number of carbonyl (C=O) groups excluding carboxylic acids is 1. The number of nitrogens with one attached hydrogen (secondary N) is 1. The summed E-state index contributed by atoms with van der Waals surface area (Å²) in [6, 6.07) is 0. The van der Waals surface area contributed by atoms with Gasteiger partial charge in [-0.3, -0.25) is 4.79 Å². The second-order valence-corrected chi connectivity index (χ2v) is 6.93. The van der Waals surface area contributed by atoms with Crippen molar-refractivity contribution < 1.29 is 4.79 Å². The standard InChI is InChI=1S/C15H20N2OS2/c1-5-7-13-16-9(3)15(20-13)17-14(18)12-8-19-10(4)11(12)6-2/h8H,5-7H2,1-4H3,(H,17,18). The van der Waals surface area contributed by atoms with Crippen LogP contribution < -0.4 is 5.32 Å². The molecule has 2 heterocycles. The molecule has 0 aliphatic rings. The molecule has 0 atom stereocenters. The molecule has 0 unspecified atom stereocenters. The van der Waals surface area contributed by atoms with Gasteiger partial charge in [-0.25, -0.2) is 4.98 Å². The lowest BCUT2D eigenvalue weighted by Crippen LogP contribution is -2.12. The lowest BCUT2D eigenvalue weighted by atomic mass is 10.1. The minimum absolute atomic E-state index is 0.0130. The molecule has 0 bridgehead atoms. The van der Waals surface area contributed by atoms with Crippen molar-refractivity contribution >= 4 is 33.6 Å². The number of aromatic nitrogens is 1. The van der Waals surface area contributed by atoms with E-state index in [1.807, 2.05) is 12.3 Å². The van der Waals surface area contributed by atoms with Gasteiger partial charge < -0.3 is 5.32 Å². The van der Waals surface area contributed by atoms with E-state index in [0.717, 1.165) is 46.1 Å². The van der Waals surface area contributed by atoms with Crippen LogP contribution in [0.4, 0.5) is 5.00 Å². The van der Waals surface area contributed by atoms with Crippen LogP contribution in [0.25, 0.3) is 0 Å². The molecule has 0 saturated carbocycles. The molecule has 2 rings (SSSR count). The summed E-state index contributed by atoms with van der Waals surface area (Å²) in [6.45, 7) is 8.24. The van der Waals surface area contributed by atoms with Crippen molar-refractivity contribution in [2.45, 2.75) is 47.0 Å². The van der Waals surface area contributed by atoms with Gasteiger partial charge in [-0.1, -0.05) is 13.8 Å². The third kappa shape index (κ3) is 3.10. The quantitative estimate of drug-likeness (QED) is 0.878. The average Bonchev–Trinajstić information content (AvgIpc) is 2.93. The molecular formula is C15H20N2OS2. The van der Waals surface area contributed by atoms with Crippen LogP contribution in [0.3, 0.4) is 0 Å². The van der Waals surface area contributed by atoms with Gasteiger partial charge in [-0.15, -0.1) is 22.7 Å². The maximum atomic E-state index is 12.4. The molecular weight excluding hydrogens is 288 g/mol. The zero-order valence-electron chi connectivity index (χ0n) is 12.4. The highest BCUT2D eigenvalue weighted by atomic mass is 32.1. The van der Waals surface area contributed by atoms with Crippen LogP contribution in [-0.4, -0.2) is 10.9 Å². The SMILES string of the molecule is CCCc1nc(C)c(NC(=O)c2csc(C)c2CC)s1. The molecule has 0 aliphatic heterocycles. The van der Waals surface area contributed by atoms with Crippen LogP contribution in [0, 0.1) is 13.8 Å². The van der Waals surface area contributed by atoms with Crippen LogP contribution >= 0.6 is 22.7 Å². The highest BCUT2D eigenvalue weighted by molar-refractivity contribution is 7.16. The Morgan fingerprint density at radius 1 is 1.35 bits per heavy atom. The van der Waals surface area contributed by atoms with Crippen molar-refractivity contribution in [3.05, 3.63) is 32.1 Å². The second-order valence-electron chi connectivity index (χ2n) is 4.76. The van der Waals surface area contributed by atoms with Crippen LogP contribution in [0.15, 0.2) is 5.38 Å². The number of rotatable bonds is 5. The minimum Gasteiger partial charge on any atom is -0.312 e.